The van der Waals surface area contributed by atoms with E-state index in [2.05, 4.69) is 5.32 Å². The van der Waals surface area contributed by atoms with E-state index in [9.17, 15) is 14.4 Å². The minimum atomic E-state index is -0.471. The molecule has 3 atom stereocenters. The van der Waals surface area contributed by atoms with Gasteiger partial charge in [0.15, 0.2) is 0 Å². The second kappa shape index (κ2) is 6.34. The van der Waals surface area contributed by atoms with Crippen LogP contribution in [0.2, 0.25) is 0 Å². The number of amides is 2. The molecule has 8 heteroatoms. The molecule has 3 fully saturated rings. The molecule has 1 spiro atoms. The Morgan fingerprint density at radius 3 is 2.71 bits per heavy atom. The summed E-state index contributed by atoms with van der Waals surface area (Å²) in [5, 5.41) is 3.44. The van der Waals surface area contributed by atoms with Gasteiger partial charge < -0.3 is 19.9 Å². The van der Waals surface area contributed by atoms with Crippen LogP contribution in [0.25, 0.3) is 0 Å². The number of likely N-dealkylation sites (N-methyl/N-ethyl adjacent to an activating group) is 1. The highest BCUT2D eigenvalue weighted by atomic mass is 16.6. The number of aromatic nitrogens is 1. The molecule has 0 saturated carbocycles. The van der Waals surface area contributed by atoms with Gasteiger partial charge in [0, 0.05) is 69.7 Å². The van der Waals surface area contributed by atoms with Crippen LogP contribution in [0.1, 0.15) is 36.9 Å². The summed E-state index contributed by atoms with van der Waals surface area (Å²) < 4.78 is 7.35. The second-order valence-corrected chi connectivity index (χ2v) is 8.69. The molecule has 3 saturated heterocycles. The number of hydrogen-bond acceptors (Lipinski definition) is 5. The lowest BCUT2D eigenvalue weighted by molar-refractivity contribution is -0.141. The van der Waals surface area contributed by atoms with Crippen molar-refractivity contribution < 1.29 is 14.3 Å². The molecule has 0 unspecified atom stereocenters. The molecular weight excluding hydrogens is 360 g/mol. The average Bonchev–Trinajstić information content (AvgIpc) is 2.96. The molecule has 0 radical (unpaired) electrons. The van der Waals surface area contributed by atoms with Crippen molar-refractivity contribution >= 4 is 12.0 Å². The number of fused-ring (bicyclic) bond motifs is 4. The Hall–Kier alpha value is -2.35. The quantitative estimate of drug-likeness (QED) is 0.762. The van der Waals surface area contributed by atoms with E-state index in [1.54, 1.807) is 28.6 Å². The van der Waals surface area contributed by atoms with Crippen LogP contribution in [0.15, 0.2) is 23.0 Å². The third-order valence-electron chi connectivity index (χ3n) is 6.93. The lowest BCUT2D eigenvalue weighted by atomic mass is 9.78. The van der Waals surface area contributed by atoms with Gasteiger partial charge in [0.25, 0.3) is 5.56 Å². The van der Waals surface area contributed by atoms with Gasteiger partial charge in [-0.2, -0.15) is 0 Å². The van der Waals surface area contributed by atoms with Gasteiger partial charge in [-0.05, 0) is 12.5 Å². The summed E-state index contributed by atoms with van der Waals surface area (Å²) in [6, 6.07) is 4.88. The first-order valence-electron chi connectivity index (χ1n) is 10.1. The van der Waals surface area contributed by atoms with Gasteiger partial charge in [-0.1, -0.05) is 6.07 Å². The number of pyridine rings is 1. The second-order valence-electron chi connectivity index (χ2n) is 8.69. The van der Waals surface area contributed by atoms with Crippen molar-refractivity contribution in [3.8, 4) is 0 Å². The molecule has 2 amide bonds. The Labute approximate surface area is 163 Å². The fourth-order valence-electron chi connectivity index (χ4n) is 5.49. The molecule has 28 heavy (non-hydrogen) atoms. The summed E-state index contributed by atoms with van der Waals surface area (Å²) in [6.45, 7) is 3.29. The van der Waals surface area contributed by atoms with E-state index >= 15 is 0 Å². The van der Waals surface area contributed by atoms with Crippen LogP contribution in [0, 0.1) is 5.92 Å². The Bertz CT molecular complexity index is 873. The summed E-state index contributed by atoms with van der Waals surface area (Å²) in [6.07, 6.45) is 1.94. The van der Waals surface area contributed by atoms with E-state index < -0.39 is 11.6 Å². The fraction of sp³-hybridized carbons (Fsp3) is 0.650. The molecule has 4 aliphatic rings. The minimum Gasteiger partial charge on any atom is -0.441 e. The maximum Gasteiger partial charge on any atom is 0.410 e. The van der Waals surface area contributed by atoms with Crippen molar-refractivity contribution in [1.82, 2.24) is 19.7 Å². The molecule has 0 aromatic carbocycles. The number of nitrogens with one attached hydrogen (secondary N) is 1. The van der Waals surface area contributed by atoms with Crippen molar-refractivity contribution in [2.24, 2.45) is 5.92 Å². The third-order valence-corrected chi connectivity index (χ3v) is 6.93. The van der Waals surface area contributed by atoms with Crippen LogP contribution in [0.5, 0.6) is 0 Å². The van der Waals surface area contributed by atoms with Crippen molar-refractivity contribution in [3.63, 3.8) is 0 Å². The van der Waals surface area contributed by atoms with Crippen LogP contribution < -0.4 is 10.9 Å². The first-order valence-corrected chi connectivity index (χ1v) is 10.1. The SMILES string of the molecule is CN1CC2(CCN(C(=O)[C@H]3[C@@H]4CNC[C@@H](C4)c4cccc(=O)n43)CC2)OC1=O. The standard InChI is InChI=1S/C20H26N4O4/c1-22-12-20(28-19(22)27)5-7-23(8-6-20)18(26)17-14-9-13(10-21-11-14)15-3-2-4-16(25)24(15)17/h2-4,13-14,17,21H,5-12H2,1H3/t13-,14+,17-/m1/s1. The molecule has 150 valence electrons. The molecule has 1 N–H and O–H groups in total. The van der Waals surface area contributed by atoms with Crippen LogP contribution in [-0.2, 0) is 9.53 Å². The molecule has 5 heterocycles. The van der Waals surface area contributed by atoms with Crippen molar-refractivity contribution in [2.75, 3.05) is 39.8 Å². The molecule has 0 aliphatic carbocycles. The average molecular weight is 386 g/mol. The largest absolute Gasteiger partial charge is 0.441 e. The van der Waals surface area contributed by atoms with Crippen molar-refractivity contribution in [2.45, 2.75) is 36.8 Å². The van der Waals surface area contributed by atoms with Crippen LogP contribution >= 0.6 is 0 Å². The predicted octanol–water partition coefficient (Wildman–Crippen LogP) is 0.539. The summed E-state index contributed by atoms with van der Waals surface area (Å²) in [4.78, 5) is 41.4. The lowest BCUT2D eigenvalue weighted by Gasteiger charge is -2.45. The van der Waals surface area contributed by atoms with Crippen LogP contribution in [0.3, 0.4) is 0 Å². The van der Waals surface area contributed by atoms with Gasteiger partial charge in [0.2, 0.25) is 5.91 Å². The van der Waals surface area contributed by atoms with E-state index in [-0.39, 0.29) is 29.4 Å². The maximum atomic E-state index is 13.5. The van der Waals surface area contributed by atoms with Crippen molar-refractivity contribution in [1.29, 1.82) is 0 Å². The highest BCUT2D eigenvalue weighted by molar-refractivity contribution is 5.81. The number of carbonyl (C=O) groups is 2. The Balaban J connectivity index is 1.40. The first kappa shape index (κ1) is 17.7. The van der Waals surface area contributed by atoms with Gasteiger partial charge in [0.1, 0.15) is 11.6 Å². The summed E-state index contributed by atoms with van der Waals surface area (Å²) in [5.41, 5.74) is 0.405. The fourth-order valence-corrected chi connectivity index (χ4v) is 5.49. The highest BCUT2D eigenvalue weighted by Gasteiger charge is 2.48. The maximum absolute atomic E-state index is 13.5. The molecule has 5 rings (SSSR count). The monoisotopic (exact) mass is 386 g/mol. The summed E-state index contributed by atoms with van der Waals surface area (Å²) in [7, 11) is 1.74. The van der Waals surface area contributed by atoms with Crippen LogP contribution in [0.4, 0.5) is 4.79 Å². The number of likely N-dealkylation sites (tertiary alicyclic amines) is 1. The van der Waals surface area contributed by atoms with Gasteiger partial charge in [-0.3, -0.25) is 14.2 Å². The number of carbonyl (C=O) groups excluding carboxylic acids is 2. The number of hydrogen-bond donors (Lipinski definition) is 1. The first-order chi connectivity index (χ1) is 13.5. The number of piperidine rings is 2. The Morgan fingerprint density at radius 2 is 2.00 bits per heavy atom. The van der Waals surface area contributed by atoms with E-state index in [4.69, 9.17) is 4.74 Å². The Morgan fingerprint density at radius 1 is 1.21 bits per heavy atom. The highest BCUT2D eigenvalue weighted by Crippen LogP contribution is 2.40. The van der Waals surface area contributed by atoms with Gasteiger partial charge >= 0.3 is 6.09 Å². The van der Waals surface area contributed by atoms with E-state index in [1.807, 2.05) is 11.0 Å². The van der Waals surface area contributed by atoms with E-state index in [0.29, 0.717) is 32.5 Å². The zero-order valence-corrected chi connectivity index (χ0v) is 16.1. The van der Waals surface area contributed by atoms with E-state index in [1.165, 1.54) is 0 Å². The number of rotatable bonds is 1. The molecule has 2 bridgehead atoms. The molecule has 1 aromatic rings. The minimum absolute atomic E-state index is 0.0224. The predicted molar refractivity (Wildman–Crippen MR) is 101 cm³/mol. The smallest absolute Gasteiger partial charge is 0.410 e. The summed E-state index contributed by atoms with van der Waals surface area (Å²) >= 11 is 0. The Kier molecular flexibility index (Phi) is 4.01. The third kappa shape index (κ3) is 2.65. The molecule has 1 aromatic heterocycles. The molecule has 8 nitrogen and oxygen atoms in total. The van der Waals surface area contributed by atoms with Gasteiger partial charge in [-0.25, -0.2) is 4.79 Å². The number of ether oxygens (including phenoxy) is 1. The zero-order chi connectivity index (χ0) is 19.5. The lowest BCUT2D eigenvalue weighted by Crippen LogP contribution is -2.55. The zero-order valence-electron chi connectivity index (χ0n) is 16.1. The van der Waals surface area contributed by atoms with Crippen molar-refractivity contribution in [3.05, 3.63) is 34.2 Å². The molecule has 4 aliphatic heterocycles. The van der Waals surface area contributed by atoms with Crippen LogP contribution in [-0.4, -0.2) is 71.7 Å². The van der Waals surface area contributed by atoms with E-state index in [0.717, 1.165) is 25.2 Å². The topological polar surface area (TPSA) is 83.9 Å². The molecular formula is C20H26N4O4. The van der Waals surface area contributed by atoms with Gasteiger partial charge in [0.05, 0.1) is 6.54 Å². The summed E-state index contributed by atoms with van der Waals surface area (Å²) in [5.74, 6) is 0.439. The normalized spacial score (nSPS) is 30.9. The number of nitrogens with zero attached hydrogens (tertiary/aromatic N) is 3. The van der Waals surface area contributed by atoms with Gasteiger partial charge in [-0.15, -0.1) is 0 Å².